The Kier molecular flexibility index (Phi) is 6.76. The van der Waals surface area contributed by atoms with Crippen LogP contribution in [0, 0.1) is 0 Å². The van der Waals surface area contributed by atoms with Gasteiger partial charge >= 0.3 is 0 Å². The third-order valence-electron chi connectivity index (χ3n) is 4.64. The largest absolute Gasteiger partial charge is 0.366 e. The number of nitrogens with zero attached hydrogens (tertiary/aromatic N) is 2. The number of amides is 2. The van der Waals surface area contributed by atoms with Crippen LogP contribution in [0.2, 0.25) is 0 Å². The highest BCUT2D eigenvalue weighted by Gasteiger charge is 2.14. The van der Waals surface area contributed by atoms with Gasteiger partial charge in [0.15, 0.2) is 5.78 Å². The molecule has 2 aromatic carbocycles. The van der Waals surface area contributed by atoms with Gasteiger partial charge in [0, 0.05) is 24.0 Å². The average Bonchev–Trinajstić information content (AvgIpc) is 3.19. The summed E-state index contributed by atoms with van der Waals surface area (Å²) in [6.07, 6.45) is 0.724. The first kappa shape index (κ1) is 21.7. The third kappa shape index (κ3) is 5.13. The first-order valence-corrected chi connectivity index (χ1v) is 9.90. The summed E-state index contributed by atoms with van der Waals surface area (Å²) in [6, 6.07) is 10.1. The molecule has 1 aromatic heterocycles. The molecule has 3 rings (SSSR count). The highest BCUT2D eigenvalue weighted by molar-refractivity contribution is 6.11. The third-order valence-corrected chi connectivity index (χ3v) is 4.64. The molecule has 3 aromatic rings. The molecule has 0 aliphatic heterocycles. The second-order valence-electron chi connectivity index (χ2n) is 6.75. The van der Waals surface area contributed by atoms with Gasteiger partial charge in [-0.05, 0) is 43.1 Å². The number of aromatic nitrogens is 2. The molecule has 9 heteroatoms. The first-order valence-electron chi connectivity index (χ1n) is 9.90. The van der Waals surface area contributed by atoms with E-state index in [0.717, 1.165) is 0 Å². The second kappa shape index (κ2) is 9.66. The summed E-state index contributed by atoms with van der Waals surface area (Å²) in [5.41, 5.74) is 3.36. The number of hydrogen-bond acceptors (Lipinski definition) is 6. The van der Waals surface area contributed by atoms with Gasteiger partial charge in [-0.25, -0.2) is 4.98 Å². The Labute approximate surface area is 179 Å². The van der Waals surface area contributed by atoms with E-state index in [0.29, 0.717) is 52.3 Å². The van der Waals surface area contributed by atoms with Gasteiger partial charge in [-0.3, -0.25) is 24.7 Å². The minimum Gasteiger partial charge on any atom is -0.366 e. The molecule has 1 heterocycles. The first-order chi connectivity index (χ1) is 14.9. The zero-order valence-corrected chi connectivity index (χ0v) is 17.4. The van der Waals surface area contributed by atoms with Crippen LogP contribution in [0.25, 0.3) is 11.0 Å². The van der Waals surface area contributed by atoms with Crippen LogP contribution in [0.1, 0.15) is 42.6 Å². The van der Waals surface area contributed by atoms with Crippen LogP contribution >= 0.6 is 0 Å². The van der Waals surface area contributed by atoms with E-state index in [-0.39, 0.29) is 24.3 Å². The Hall–Kier alpha value is -4.01. The number of aliphatic imine (C=N–C) groups is 1. The van der Waals surface area contributed by atoms with Gasteiger partial charge in [-0.15, -0.1) is 0 Å². The molecular formula is C22H24N6O3. The molecule has 0 aliphatic carbocycles. The highest BCUT2D eigenvalue weighted by atomic mass is 16.2. The molecule has 0 aliphatic rings. The van der Waals surface area contributed by atoms with E-state index in [1.165, 1.54) is 0 Å². The number of carbonyl (C=O) groups excluding carboxylic acids is 3. The van der Waals surface area contributed by atoms with Crippen LogP contribution in [0.3, 0.4) is 0 Å². The molecule has 0 atom stereocenters. The number of carbonyl (C=O) groups is 3. The summed E-state index contributed by atoms with van der Waals surface area (Å²) >= 11 is 0. The second-order valence-corrected chi connectivity index (χ2v) is 6.75. The van der Waals surface area contributed by atoms with Gasteiger partial charge in [0.1, 0.15) is 0 Å². The van der Waals surface area contributed by atoms with Crippen molar-refractivity contribution in [2.24, 2.45) is 4.99 Å². The Balaban J connectivity index is 1.83. The van der Waals surface area contributed by atoms with E-state index in [1.807, 2.05) is 0 Å². The number of nitrogens with one attached hydrogen (secondary N) is 4. The normalized spacial score (nSPS) is 10.5. The molecule has 0 radical (unpaired) electrons. The number of H-pyrrole nitrogens is 1. The Morgan fingerprint density at radius 1 is 1.03 bits per heavy atom. The summed E-state index contributed by atoms with van der Waals surface area (Å²) < 4.78 is 0. The van der Waals surface area contributed by atoms with Crippen LogP contribution in [-0.2, 0) is 9.59 Å². The molecule has 160 valence electrons. The van der Waals surface area contributed by atoms with Crippen LogP contribution in [0.5, 0.6) is 0 Å². The maximum atomic E-state index is 13.1. The minimum atomic E-state index is -0.188. The summed E-state index contributed by atoms with van der Waals surface area (Å²) in [7, 11) is 0. The Morgan fingerprint density at radius 3 is 2.45 bits per heavy atom. The quantitative estimate of drug-likeness (QED) is 0.240. The van der Waals surface area contributed by atoms with Crippen LogP contribution in [-0.4, -0.2) is 41.0 Å². The number of hydrogen-bond donors (Lipinski definition) is 4. The molecular weight excluding hydrogens is 396 g/mol. The van der Waals surface area contributed by atoms with Crippen molar-refractivity contribution in [3.8, 4) is 0 Å². The van der Waals surface area contributed by atoms with Crippen LogP contribution in [0.4, 0.5) is 17.3 Å². The van der Waals surface area contributed by atoms with Gasteiger partial charge in [0.2, 0.25) is 17.8 Å². The monoisotopic (exact) mass is 420 g/mol. The molecule has 0 unspecified atom stereocenters. The summed E-state index contributed by atoms with van der Waals surface area (Å²) in [6.45, 7) is 7.27. The molecule has 0 saturated heterocycles. The number of ketones is 1. The Bertz CT molecular complexity index is 1150. The van der Waals surface area contributed by atoms with Crippen molar-refractivity contribution >= 4 is 52.7 Å². The zero-order valence-electron chi connectivity index (χ0n) is 17.4. The standard InChI is InChI=1S/C22H24N6O3/c1-4-19(29)25-12-24-17-10-13(6-8-15(17)23-3)21(31)14-7-9-16-18(11-14)27-22(26-16)28-20(30)5-2/h6-11,24H,3-5,12H2,1-2H3,(H,25,29)(H2,26,27,28,30). The smallest absolute Gasteiger partial charge is 0.226 e. The predicted octanol–water partition coefficient (Wildman–Crippen LogP) is 3.37. The lowest BCUT2D eigenvalue weighted by Crippen LogP contribution is -2.28. The number of imidazole rings is 1. The van der Waals surface area contributed by atoms with Crippen molar-refractivity contribution < 1.29 is 14.4 Å². The lowest BCUT2D eigenvalue weighted by atomic mass is 10.0. The van der Waals surface area contributed by atoms with Crippen molar-refractivity contribution in [1.29, 1.82) is 0 Å². The predicted molar refractivity (Wildman–Crippen MR) is 121 cm³/mol. The molecule has 0 fully saturated rings. The fraction of sp³-hybridized carbons (Fsp3) is 0.227. The number of anilines is 2. The molecule has 2 amide bonds. The van der Waals surface area contributed by atoms with E-state index in [2.05, 4.69) is 37.6 Å². The summed E-state index contributed by atoms with van der Waals surface area (Å²) in [5.74, 6) is -0.0861. The number of rotatable bonds is 9. The van der Waals surface area contributed by atoms with Gasteiger partial charge < -0.3 is 15.6 Å². The van der Waals surface area contributed by atoms with E-state index in [4.69, 9.17) is 0 Å². The molecule has 4 N–H and O–H groups in total. The number of fused-ring (bicyclic) bond motifs is 1. The van der Waals surface area contributed by atoms with Crippen LogP contribution in [0.15, 0.2) is 41.4 Å². The molecule has 0 saturated carbocycles. The minimum absolute atomic E-state index is 0.0878. The van der Waals surface area contributed by atoms with Gasteiger partial charge in [-0.1, -0.05) is 13.8 Å². The lowest BCUT2D eigenvalue weighted by Gasteiger charge is -2.12. The number of benzene rings is 2. The molecule has 0 spiro atoms. The van der Waals surface area contributed by atoms with E-state index < -0.39 is 0 Å². The fourth-order valence-electron chi connectivity index (χ4n) is 2.92. The van der Waals surface area contributed by atoms with E-state index in [1.54, 1.807) is 50.2 Å². The molecule has 0 bridgehead atoms. The van der Waals surface area contributed by atoms with Gasteiger partial charge in [0.05, 0.1) is 29.1 Å². The van der Waals surface area contributed by atoms with Crippen molar-refractivity contribution in [1.82, 2.24) is 15.3 Å². The number of aromatic amines is 1. The van der Waals surface area contributed by atoms with Crippen molar-refractivity contribution in [3.63, 3.8) is 0 Å². The van der Waals surface area contributed by atoms with E-state index >= 15 is 0 Å². The zero-order chi connectivity index (χ0) is 22.4. The van der Waals surface area contributed by atoms with Crippen LogP contribution < -0.4 is 16.0 Å². The van der Waals surface area contributed by atoms with Gasteiger partial charge in [-0.2, -0.15) is 0 Å². The molecule has 9 nitrogen and oxygen atoms in total. The van der Waals surface area contributed by atoms with Crippen molar-refractivity contribution in [2.45, 2.75) is 26.7 Å². The summed E-state index contributed by atoms with van der Waals surface area (Å²) in [4.78, 5) is 47.3. The highest BCUT2D eigenvalue weighted by Crippen LogP contribution is 2.27. The summed E-state index contributed by atoms with van der Waals surface area (Å²) in [5, 5.41) is 8.44. The average molecular weight is 420 g/mol. The molecule has 31 heavy (non-hydrogen) atoms. The fourth-order valence-corrected chi connectivity index (χ4v) is 2.92. The lowest BCUT2D eigenvalue weighted by molar-refractivity contribution is -0.120. The topological polar surface area (TPSA) is 128 Å². The SMILES string of the molecule is C=Nc1ccc(C(=O)c2ccc3nc(NC(=O)CC)[nH]c3c2)cc1NCNC(=O)CC. The van der Waals surface area contributed by atoms with Crippen molar-refractivity contribution in [3.05, 3.63) is 47.5 Å². The maximum absolute atomic E-state index is 13.1. The van der Waals surface area contributed by atoms with E-state index in [9.17, 15) is 14.4 Å². The maximum Gasteiger partial charge on any atom is 0.226 e. The van der Waals surface area contributed by atoms with Gasteiger partial charge in [0.25, 0.3) is 0 Å². The van der Waals surface area contributed by atoms with Crippen molar-refractivity contribution in [2.75, 3.05) is 17.3 Å². The Morgan fingerprint density at radius 2 is 1.74 bits per heavy atom.